The summed E-state index contributed by atoms with van der Waals surface area (Å²) in [7, 11) is 0. The van der Waals surface area contributed by atoms with Gasteiger partial charge in [0.25, 0.3) is 0 Å². The number of rotatable bonds is 9. The standard InChI is InChI=1S/C13H19N3O4/c1-2-8-15-10(13(14)17)7-9-20-12-6-4-3-5-11(12)16(18)19/h3-6,10,15H,2,7-9H2,1H3,(H2,14,17). The van der Waals surface area contributed by atoms with Gasteiger partial charge >= 0.3 is 5.69 Å². The Hall–Kier alpha value is -2.15. The molecule has 0 bridgehead atoms. The van der Waals surface area contributed by atoms with Crippen molar-refractivity contribution in [3.8, 4) is 5.75 Å². The molecule has 0 aliphatic heterocycles. The van der Waals surface area contributed by atoms with Crippen LogP contribution in [0.3, 0.4) is 0 Å². The predicted molar refractivity (Wildman–Crippen MR) is 74.5 cm³/mol. The van der Waals surface area contributed by atoms with E-state index in [0.717, 1.165) is 6.42 Å². The molecule has 7 nitrogen and oxygen atoms in total. The van der Waals surface area contributed by atoms with Crippen molar-refractivity contribution in [2.45, 2.75) is 25.8 Å². The van der Waals surface area contributed by atoms with Crippen molar-refractivity contribution in [2.75, 3.05) is 13.2 Å². The monoisotopic (exact) mass is 281 g/mol. The molecule has 0 radical (unpaired) electrons. The first-order valence-corrected chi connectivity index (χ1v) is 6.45. The van der Waals surface area contributed by atoms with Crippen LogP contribution >= 0.6 is 0 Å². The van der Waals surface area contributed by atoms with E-state index in [1.54, 1.807) is 12.1 Å². The van der Waals surface area contributed by atoms with Crippen LogP contribution in [0.15, 0.2) is 24.3 Å². The Morgan fingerprint density at radius 3 is 2.80 bits per heavy atom. The molecule has 1 atom stereocenters. The smallest absolute Gasteiger partial charge is 0.310 e. The zero-order valence-electron chi connectivity index (χ0n) is 11.4. The molecule has 0 fully saturated rings. The van der Waals surface area contributed by atoms with Crippen molar-refractivity contribution in [1.29, 1.82) is 0 Å². The van der Waals surface area contributed by atoms with Crippen LogP contribution in [0.1, 0.15) is 19.8 Å². The summed E-state index contributed by atoms with van der Waals surface area (Å²) in [6.07, 6.45) is 1.25. The SMILES string of the molecule is CCCNC(CCOc1ccccc1[N+](=O)[O-])C(N)=O. The maximum Gasteiger partial charge on any atom is 0.310 e. The third-order valence-electron chi connectivity index (χ3n) is 2.71. The fourth-order valence-electron chi connectivity index (χ4n) is 1.68. The maximum absolute atomic E-state index is 11.2. The second-order valence-corrected chi connectivity index (χ2v) is 4.27. The molecule has 1 aromatic carbocycles. The molecule has 20 heavy (non-hydrogen) atoms. The lowest BCUT2D eigenvalue weighted by atomic mass is 10.2. The topological polar surface area (TPSA) is 107 Å². The molecule has 0 saturated carbocycles. The molecule has 0 spiro atoms. The lowest BCUT2D eigenvalue weighted by Crippen LogP contribution is -2.42. The minimum atomic E-state index is -0.504. The Labute approximate surface area is 117 Å². The number of nitro groups is 1. The van der Waals surface area contributed by atoms with Crippen LogP contribution in [-0.2, 0) is 4.79 Å². The number of benzene rings is 1. The van der Waals surface area contributed by atoms with Gasteiger partial charge in [-0.1, -0.05) is 19.1 Å². The van der Waals surface area contributed by atoms with E-state index in [1.165, 1.54) is 12.1 Å². The Bertz CT molecular complexity index is 465. The summed E-state index contributed by atoms with van der Waals surface area (Å²) < 4.78 is 5.37. The zero-order valence-corrected chi connectivity index (χ0v) is 11.4. The van der Waals surface area contributed by atoms with E-state index in [2.05, 4.69) is 5.32 Å². The molecule has 1 amide bonds. The second-order valence-electron chi connectivity index (χ2n) is 4.27. The molecule has 3 N–H and O–H groups in total. The van der Waals surface area contributed by atoms with Gasteiger partial charge in [0.1, 0.15) is 0 Å². The van der Waals surface area contributed by atoms with Crippen molar-refractivity contribution in [3.63, 3.8) is 0 Å². The van der Waals surface area contributed by atoms with Crippen molar-refractivity contribution in [3.05, 3.63) is 34.4 Å². The van der Waals surface area contributed by atoms with Gasteiger partial charge in [-0.3, -0.25) is 14.9 Å². The number of primary amides is 1. The fraction of sp³-hybridized carbons (Fsp3) is 0.462. The number of para-hydroxylation sites is 2. The fourth-order valence-corrected chi connectivity index (χ4v) is 1.68. The van der Waals surface area contributed by atoms with Gasteiger partial charge in [0, 0.05) is 12.5 Å². The van der Waals surface area contributed by atoms with Gasteiger partial charge in [0.2, 0.25) is 5.91 Å². The number of nitro benzene ring substituents is 1. The first-order chi connectivity index (χ1) is 9.56. The van der Waals surface area contributed by atoms with Crippen molar-refractivity contribution in [2.24, 2.45) is 5.73 Å². The summed E-state index contributed by atoms with van der Waals surface area (Å²) in [5.41, 5.74) is 5.18. The number of amides is 1. The van der Waals surface area contributed by atoms with Crippen molar-refractivity contribution in [1.82, 2.24) is 5.32 Å². The van der Waals surface area contributed by atoms with Gasteiger partial charge in [0.15, 0.2) is 5.75 Å². The van der Waals surface area contributed by atoms with E-state index in [1.807, 2.05) is 6.92 Å². The minimum absolute atomic E-state index is 0.0929. The zero-order chi connectivity index (χ0) is 15.0. The van der Waals surface area contributed by atoms with E-state index < -0.39 is 16.9 Å². The first-order valence-electron chi connectivity index (χ1n) is 6.45. The molecule has 0 saturated heterocycles. The minimum Gasteiger partial charge on any atom is -0.487 e. The third-order valence-corrected chi connectivity index (χ3v) is 2.71. The number of nitrogens with zero attached hydrogens (tertiary/aromatic N) is 1. The summed E-state index contributed by atoms with van der Waals surface area (Å²) in [5.74, 6) is -0.263. The van der Waals surface area contributed by atoms with Gasteiger partial charge in [-0.15, -0.1) is 0 Å². The van der Waals surface area contributed by atoms with Crippen LogP contribution in [-0.4, -0.2) is 30.0 Å². The van der Waals surface area contributed by atoms with E-state index in [9.17, 15) is 14.9 Å². The number of hydrogen-bond acceptors (Lipinski definition) is 5. The predicted octanol–water partition coefficient (Wildman–Crippen LogP) is 1.22. The van der Waals surface area contributed by atoms with Gasteiger partial charge < -0.3 is 15.8 Å². The van der Waals surface area contributed by atoms with Crippen LogP contribution < -0.4 is 15.8 Å². The molecule has 1 aromatic rings. The summed E-state index contributed by atoms with van der Waals surface area (Å²) in [4.78, 5) is 21.5. The van der Waals surface area contributed by atoms with Crippen LogP contribution in [0.5, 0.6) is 5.75 Å². The van der Waals surface area contributed by atoms with Crippen molar-refractivity contribution >= 4 is 11.6 Å². The molecule has 0 aliphatic rings. The van der Waals surface area contributed by atoms with E-state index in [4.69, 9.17) is 10.5 Å². The largest absolute Gasteiger partial charge is 0.487 e. The average molecular weight is 281 g/mol. The molecule has 0 heterocycles. The highest BCUT2D eigenvalue weighted by Crippen LogP contribution is 2.25. The lowest BCUT2D eigenvalue weighted by Gasteiger charge is -2.15. The highest BCUT2D eigenvalue weighted by Gasteiger charge is 2.17. The van der Waals surface area contributed by atoms with Crippen LogP contribution in [0.2, 0.25) is 0 Å². The maximum atomic E-state index is 11.2. The van der Waals surface area contributed by atoms with Crippen LogP contribution in [0.4, 0.5) is 5.69 Å². The summed E-state index contributed by atoms with van der Waals surface area (Å²) in [6.45, 7) is 2.84. The van der Waals surface area contributed by atoms with Crippen molar-refractivity contribution < 1.29 is 14.5 Å². The summed E-state index contributed by atoms with van der Waals surface area (Å²) >= 11 is 0. The third kappa shape index (κ3) is 4.85. The number of hydrogen-bond donors (Lipinski definition) is 2. The average Bonchev–Trinajstić information content (AvgIpc) is 2.42. The molecular formula is C13H19N3O4. The Balaban J connectivity index is 2.54. The molecule has 1 rings (SSSR count). The molecule has 7 heteroatoms. The van der Waals surface area contributed by atoms with Gasteiger partial charge in [-0.05, 0) is 19.0 Å². The normalized spacial score (nSPS) is 11.8. The van der Waals surface area contributed by atoms with E-state index in [0.29, 0.717) is 13.0 Å². The highest BCUT2D eigenvalue weighted by atomic mass is 16.6. The second kappa shape index (κ2) is 8.11. The molecule has 0 aliphatic carbocycles. The van der Waals surface area contributed by atoms with Crippen LogP contribution in [0.25, 0.3) is 0 Å². The lowest BCUT2D eigenvalue weighted by molar-refractivity contribution is -0.385. The molecular weight excluding hydrogens is 262 g/mol. The van der Waals surface area contributed by atoms with Gasteiger partial charge in [-0.25, -0.2) is 0 Å². The number of carbonyl (C=O) groups excluding carboxylic acids is 1. The number of nitrogens with one attached hydrogen (secondary N) is 1. The van der Waals surface area contributed by atoms with Gasteiger partial charge in [-0.2, -0.15) is 0 Å². The van der Waals surface area contributed by atoms with Gasteiger partial charge in [0.05, 0.1) is 17.6 Å². The number of ether oxygens (including phenoxy) is 1. The molecule has 1 unspecified atom stereocenters. The Morgan fingerprint density at radius 2 is 2.20 bits per heavy atom. The number of carbonyl (C=O) groups is 1. The summed E-state index contributed by atoms with van der Waals surface area (Å²) in [6, 6.07) is 5.63. The van der Waals surface area contributed by atoms with Crippen LogP contribution in [0, 0.1) is 10.1 Å². The first kappa shape index (κ1) is 15.9. The van der Waals surface area contributed by atoms with E-state index >= 15 is 0 Å². The number of nitrogens with two attached hydrogens (primary N) is 1. The highest BCUT2D eigenvalue weighted by molar-refractivity contribution is 5.79. The Kier molecular flexibility index (Phi) is 6.45. The Morgan fingerprint density at radius 1 is 1.50 bits per heavy atom. The quantitative estimate of drug-likeness (QED) is 0.522. The molecule has 110 valence electrons. The summed E-state index contributed by atoms with van der Waals surface area (Å²) in [5, 5.41) is 13.8. The van der Waals surface area contributed by atoms with E-state index in [-0.39, 0.29) is 18.0 Å². The molecule has 0 aromatic heterocycles.